The molecule has 1 aromatic rings. The molecule has 0 aliphatic rings. The molecule has 2 N–H and O–H groups in total. The minimum Gasteiger partial charge on any atom is -0.468 e. The highest BCUT2D eigenvalue weighted by Crippen LogP contribution is 2.17. The summed E-state index contributed by atoms with van der Waals surface area (Å²) >= 11 is 0. The predicted molar refractivity (Wildman–Crippen MR) is 88.1 cm³/mol. The van der Waals surface area contributed by atoms with Gasteiger partial charge in [0.2, 0.25) is 5.88 Å². The van der Waals surface area contributed by atoms with Gasteiger partial charge >= 0.3 is 6.18 Å². The highest BCUT2D eigenvalue weighted by Gasteiger charge is 2.28. The molecular weight excluding hydrogens is 321 g/mol. The number of aliphatic imine (C=N–C) groups is 1. The van der Waals surface area contributed by atoms with Crippen LogP contribution >= 0.6 is 0 Å². The monoisotopic (exact) mass is 346 g/mol. The first-order valence-electron chi connectivity index (χ1n) is 7.96. The van der Waals surface area contributed by atoms with Gasteiger partial charge in [0.25, 0.3) is 0 Å². The number of ether oxygens (including phenoxy) is 1. The molecule has 1 aromatic heterocycles. The van der Waals surface area contributed by atoms with Crippen molar-refractivity contribution in [2.24, 2.45) is 10.9 Å². The lowest BCUT2D eigenvalue weighted by molar-refractivity contribution is -0.154. The van der Waals surface area contributed by atoms with Crippen LogP contribution in [0.2, 0.25) is 0 Å². The van der Waals surface area contributed by atoms with Crippen molar-refractivity contribution in [2.75, 3.05) is 20.2 Å². The van der Waals surface area contributed by atoms with Crippen molar-refractivity contribution in [1.82, 2.24) is 15.6 Å². The summed E-state index contributed by atoms with van der Waals surface area (Å²) in [5.41, 5.74) is 0.757. The molecule has 0 fully saturated rings. The lowest BCUT2D eigenvalue weighted by Crippen LogP contribution is -2.39. The van der Waals surface area contributed by atoms with Crippen molar-refractivity contribution in [3.05, 3.63) is 23.9 Å². The van der Waals surface area contributed by atoms with Crippen LogP contribution in [0.1, 0.15) is 32.3 Å². The van der Waals surface area contributed by atoms with E-state index < -0.39 is 12.8 Å². The first kappa shape index (κ1) is 20.1. The molecule has 0 saturated carbocycles. The zero-order chi connectivity index (χ0) is 18.0. The van der Waals surface area contributed by atoms with Gasteiger partial charge in [-0.15, -0.1) is 0 Å². The number of alkyl halides is 3. The first-order valence-corrected chi connectivity index (χ1v) is 7.96. The fourth-order valence-electron chi connectivity index (χ4n) is 2.02. The van der Waals surface area contributed by atoms with Gasteiger partial charge in [-0.25, -0.2) is 4.98 Å². The Morgan fingerprint density at radius 3 is 2.58 bits per heavy atom. The summed E-state index contributed by atoms with van der Waals surface area (Å²) in [4.78, 5) is 7.91. The Morgan fingerprint density at radius 2 is 2.00 bits per heavy atom. The van der Waals surface area contributed by atoms with Crippen LogP contribution in [0.15, 0.2) is 23.3 Å². The summed E-state index contributed by atoms with van der Waals surface area (Å²) in [7, 11) is 1.67. The van der Waals surface area contributed by atoms with Crippen LogP contribution in [0, 0.1) is 5.92 Å². The molecule has 24 heavy (non-hydrogen) atoms. The van der Waals surface area contributed by atoms with Crippen LogP contribution in [0.3, 0.4) is 0 Å². The van der Waals surface area contributed by atoms with Gasteiger partial charge in [-0.1, -0.05) is 26.7 Å². The van der Waals surface area contributed by atoms with E-state index in [4.69, 9.17) is 0 Å². The molecule has 0 radical (unpaired) electrons. The fraction of sp³-hybridized carbons (Fsp3) is 0.625. The molecule has 8 heteroatoms. The van der Waals surface area contributed by atoms with Crippen LogP contribution < -0.4 is 15.4 Å². The number of nitrogens with one attached hydrogen (secondary N) is 2. The zero-order valence-corrected chi connectivity index (χ0v) is 14.3. The van der Waals surface area contributed by atoms with E-state index in [1.807, 2.05) is 0 Å². The fourth-order valence-corrected chi connectivity index (χ4v) is 2.02. The Labute approximate surface area is 140 Å². The number of aromatic nitrogens is 1. The van der Waals surface area contributed by atoms with Crippen molar-refractivity contribution in [3.8, 4) is 5.88 Å². The number of nitrogens with zero attached hydrogens (tertiary/aromatic N) is 2. The van der Waals surface area contributed by atoms with Gasteiger partial charge in [-0.2, -0.15) is 13.2 Å². The molecule has 0 bridgehead atoms. The maximum absolute atomic E-state index is 12.2. The van der Waals surface area contributed by atoms with E-state index in [1.165, 1.54) is 12.3 Å². The normalized spacial score (nSPS) is 12.4. The van der Waals surface area contributed by atoms with E-state index in [0.29, 0.717) is 18.4 Å². The summed E-state index contributed by atoms with van der Waals surface area (Å²) in [5.74, 6) is 1.18. The van der Waals surface area contributed by atoms with E-state index >= 15 is 0 Å². The van der Waals surface area contributed by atoms with Crippen LogP contribution in [0.25, 0.3) is 0 Å². The minimum absolute atomic E-state index is 0.0494. The number of halogens is 3. The Kier molecular flexibility index (Phi) is 8.35. The van der Waals surface area contributed by atoms with Gasteiger partial charge in [0.05, 0.1) is 0 Å². The SMILES string of the molecule is CCC(CC)CNC(=NC)NCc1ccnc(OCC(F)(F)F)c1. The van der Waals surface area contributed by atoms with Crippen molar-refractivity contribution in [1.29, 1.82) is 0 Å². The Morgan fingerprint density at radius 1 is 1.29 bits per heavy atom. The van der Waals surface area contributed by atoms with E-state index in [9.17, 15) is 13.2 Å². The Bertz CT molecular complexity index is 516. The summed E-state index contributed by atoms with van der Waals surface area (Å²) in [6.07, 6.45) is -0.782. The second-order valence-electron chi connectivity index (χ2n) is 5.40. The number of guanidine groups is 1. The predicted octanol–water partition coefficient (Wildman–Crippen LogP) is 3.12. The number of rotatable bonds is 8. The van der Waals surface area contributed by atoms with Gasteiger partial charge in [-0.05, 0) is 17.5 Å². The summed E-state index contributed by atoms with van der Waals surface area (Å²) in [6.45, 7) is 4.17. The molecule has 136 valence electrons. The molecular formula is C16H25F3N4O. The average molecular weight is 346 g/mol. The maximum atomic E-state index is 12.2. The average Bonchev–Trinajstić information content (AvgIpc) is 2.56. The topological polar surface area (TPSA) is 58.5 Å². The number of pyridine rings is 1. The summed E-state index contributed by atoms with van der Waals surface area (Å²) < 4.78 is 41.1. The first-order chi connectivity index (χ1) is 11.4. The quantitative estimate of drug-likeness (QED) is 0.561. The van der Waals surface area contributed by atoms with Crippen LogP contribution in [0.5, 0.6) is 5.88 Å². The minimum atomic E-state index is -4.38. The summed E-state index contributed by atoms with van der Waals surface area (Å²) in [5, 5.41) is 6.37. The van der Waals surface area contributed by atoms with Gasteiger partial charge in [0, 0.05) is 32.4 Å². The molecule has 0 aliphatic heterocycles. The van der Waals surface area contributed by atoms with Crippen molar-refractivity contribution in [3.63, 3.8) is 0 Å². The standard InChI is InChI=1S/C16H25F3N4O/c1-4-12(5-2)9-22-15(20-3)23-10-13-6-7-21-14(8-13)24-11-16(17,18)19/h6-8,12H,4-5,9-11H2,1-3H3,(H2,20,22,23). The molecule has 0 aliphatic carbocycles. The largest absolute Gasteiger partial charge is 0.468 e. The second kappa shape index (κ2) is 10.00. The molecule has 0 atom stereocenters. The van der Waals surface area contributed by atoms with Crippen molar-refractivity contribution < 1.29 is 17.9 Å². The maximum Gasteiger partial charge on any atom is 0.422 e. The Balaban J connectivity index is 2.50. The number of hydrogen-bond acceptors (Lipinski definition) is 3. The smallest absolute Gasteiger partial charge is 0.422 e. The molecule has 0 amide bonds. The Hall–Kier alpha value is -1.99. The molecule has 0 spiro atoms. The molecule has 1 heterocycles. The van der Waals surface area contributed by atoms with Gasteiger partial charge in [0.15, 0.2) is 12.6 Å². The molecule has 1 rings (SSSR count). The van der Waals surface area contributed by atoms with Crippen molar-refractivity contribution in [2.45, 2.75) is 39.4 Å². The lowest BCUT2D eigenvalue weighted by atomic mass is 10.0. The van der Waals surface area contributed by atoms with Gasteiger partial charge < -0.3 is 15.4 Å². The molecule has 5 nitrogen and oxygen atoms in total. The third-order valence-corrected chi connectivity index (χ3v) is 3.58. The van der Waals surface area contributed by atoms with Crippen LogP contribution in [-0.4, -0.2) is 37.3 Å². The van der Waals surface area contributed by atoms with E-state index in [-0.39, 0.29) is 5.88 Å². The molecule has 0 aromatic carbocycles. The van der Waals surface area contributed by atoms with Crippen LogP contribution in [-0.2, 0) is 6.54 Å². The third kappa shape index (κ3) is 8.03. The summed E-state index contributed by atoms with van der Waals surface area (Å²) in [6, 6.07) is 3.19. The van der Waals surface area contributed by atoms with Gasteiger partial charge in [-0.3, -0.25) is 4.99 Å². The second-order valence-corrected chi connectivity index (χ2v) is 5.40. The highest BCUT2D eigenvalue weighted by atomic mass is 19.4. The molecule has 0 unspecified atom stereocenters. The van der Waals surface area contributed by atoms with E-state index in [0.717, 1.165) is 24.9 Å². The zero-order valence-electron chi connectivity index (χ0n) is 14.3. The number of hydrogen-bond donors (Lipinski definition) is 2. The van der Waals surface area contributed by atoms with E-state index in [1.54, 1.807) is 13.1 Å². The third-order valence-electron chi connectivity index (χ3n) is 3.58. The highest BCUT2D eigenvalue weighted by molar-refractivity contribution is 5.79. The van der Waals surface area contributed by atoms with Crippen LogP contribution in [0.4, 0.5) is 13.2 Å². The van der Waals surface area contributed by atoms with Crippen molar-refractivity contribution >= 4 is 5.96 Å². The molecule has 0 saturated heterocycles. The van der Waals surface area contributed by atoms with Gasteiger partial charge in [0.1, 0.15) is 0 Å². The lowest BCUT2D eigenvalue weighted by Gasteiger charge is -2.17. The van der Waals surface area contributed by atoms with E-state index in [2.05, 4.69) is 39.2 Å².